The second kappa shape index (κ2) is 2.53. The SMILES string of the molecule is Cc1ncnc2cc(Br)sc12. The summed E-state index contributed by atoms with van der Waals surface area (Å²) < 4.78 is 2.27. The Balaban J connectivity index is 2.90. The average Bonchev–Trinajstić information content (AvgIpc) is 2.31. The highest BCUT2D eigenvalue weighted by atomic mass is 79.9. The zero-order valence-electron chi connectivity index (χ0n) is 5.84. The molecule has 0 amide bonds. The largest absolute Gasteiger partial charge is 0.240 e. The lowest BCUT2D eigenvalue weighted by Gasteiger charge is -1.89. The minimum Gasteiger partial charge on any atom is -0.240 e. The highest BCUT2D eigenvalue weighted by molar-refractivity contribution is 9.11. The Bertz CT molecular complexity index is 396. The van der Waals surface area contributed by atoms with Crippen LogP contribution in [-0.4, -0.2) is 9.97 Å². The molecule has 0 N–H and O–H groups in total. The first-order valence-electron chi connectivity index (χ1n) is 3.14. The van der Waals surface area contributed by atoms with E-state index in [1.54, 1.807) is 17.7 Å². The van der Waals surface area contributed by atoms with Crippen LogP contribution in [-0.2, 0) is 0 Å². The van der Waals surface area contributed by atoms with Gasteiger partial charge >= 0.3 is 0 Å². The van der Waals surface area contributed by atoms with Gasteiger partial charge in [-0.1, -0.05) is 0 Å². The molecule has 0 aromatic carbocycles. The van der Waals surface area contributed by atoms with E-state index >= 15 is 0 Å². The number of fused-ring (bicyclic) bond motifs is 1. The number of rotatable bonds is 0. The van der Waals surface area contributed by atoms with Gasteiger partial charge in [-0.25, -0.2) is 9.97 Å². The topological polar surface area (TPSA) is 25.8 Å². The average molecular weight is 229 g/mol. The van der Waals surface area contributed by atoms with Crippen LogP contribution in [0.3, 0.4) is 0 Å². The Morgan fingerprint density at radius 3 is 3.00 bits per heavy atom. The molecule has 0 unspecified atom stereocenters. The molecule has 0 bridgehead atoms. The van der Waals surface area contributed by atoms with Crippen LogP contribution >= 0.6 is 27.3 Å². The van der Waals surface area contributed by atoms with E-state index in [-0.39, 0.29) is 0 Å². The molecule has 2 aromatic heterocycles. The first-order valence-corrected chi connectivity index (χ1v) is 4.75. The van der Waals surface area contributed by atoms with Gasteiger partial charge in [0, 0.05) is 0 Å². The van der Waals surface area contributed by atoms with Crippen LogP contribution in [0.25, 0.3) is 10.2 Å². The van der Waals surface area contributed by atoms with Crippen molar-refractivity contribution < 1.29 is 0 Å². The van der Waals surface area contributed by atoms with Gasteiger partial charge in [-0.15, -0.1) is 11.3 Å². The predicted octanol–water partition coefficient (Wildman–Crippen LogP) is 2.76. The van der Waals surface area contributed by atoms with Crippen molar-refractivity contribution in [1.82, 2.24) is 9.97 Å². The maximum Gasteiger partial charge on any atom is 0.116 e. The summed E-state index contributed by atoms with van der Waals surface area (Å²) in [5.41, 5.74) is 2.07. The molecule has 2 heterocycles. The summed E-state index contributed by atoms with van der Waals surface area (Å²) in [6, 6.07) is 2.01. The van der Waals surface area contributed by atoms with Crippen LogP contribution in [0.15, 0.2) is 16.2 Å². The third-order valence-corrected chi connectivity index (χ3v) is 3.20. The molecule has 0 aliphatic carbocycles. The molecule has 11 heavy (non-hydrogen) atoms. The first-order chi connectivity index (χ1) is 5.27. The van der Waals surface area contributed by atoms with Crippen molar-refractivity contribution in [1.29, 1.82) is 0 Å². The smallest absolute Gasteiger partial charge is 0.116 e. The predicted molar refractivity (Wildman–Crippen MR) is 49.9 cm³/mol. The molecule has 4 heteroatoms. The lowest BCUT2D eigenvalue weighted by atomic mass is 10.4. The van der Waals surface area contributed by atoms with Crippen LogP contribution in [0.4, 0.5) is 0 Å². The fourth-order valence-corrected chi connectivity index (χ4v) is 2.43. The highest BCUT2D eigenvalue weighted by Gasteiger charge is 2.02. The van der Waals surface area contributed by atoms with E-state index in [9.17, 15) is 0 Å². The number of nitrogens with zero attached hydrogens (tertiary/aromatic N) is 2. The standard InChI is InChI=1S/C7H5BrN2S/c1-4-7-5(10-3-9-4)2-6(8)11-7/h2-3H,1H3. The number of halogens is 1. The fraction of sp³-hybridized carbons (Fsp3) is 0.143. The third-order valence-electron chi connectivity index (χ3n) is 1.46. The third kappa shape index (κ3) is 1.16. The molecule has 0 fully saturated rings. The zero-order chi connectivity index (χ0) is 7.84. The summed E-state index contributed by atoms with van der Waals surface area (Å²) >= 11 is 5.08. The Kier molecular flexibility index (Phi) is 1.65. The van der Waals surface area contributed by atoms with Crippen molar-refractivity contribution in [3.8, 4) is 0 Å². The van der Waals surface area contributed by atoms with Gasteiger partial charge in [0.25, 0.3) is 0 Å². The van der Waals surface area contributed by atoms with Crippen molar-refractivity contribution in [3.63, 3.8) is 0 Å². The minimum atomic E-state index is 1.02. The van der Waals surface area contributed by atoms with Crippen LogP contribution in [0.1, 0.15) is 5.69 Å². The molecule has 0 atom stereocenters. The normalized spacial score (nSPS) is 10.7. The van der Waals surface area contributed by atoms with E-state index in [4.69, 9.17) is 0 Å². The maximum absolute atomic E-state index is 4.13. The summed E-state index contributed by atoms with van der Waals surface area (Å²) in [7, 11) is 0. The first kappa shape index (κ1) is 7.18. The summed E-state index contributed by atoms with van der Waals surface area (Å²) in [4.78, 5) is 8.23. The van der Waals surface area contributed by atoms with Gasteiger partial charge in [-0.05, 0) is 28.9 Å². The van der Waals surface area contributed by atoms with Gasteiger partial charge in [-0.3, -0.25) is 0 Å². The number of aryl methyl sites for hydroxylation is 1. The maximum atomic E-state index is 4.13. The quantitative estimate of drug-likeness (QED) is 0.694. The van der Waals surface area contributed by atoms with Crippen LogP contribution in [0.2, 0.25) is 0 Å². The van der Waals surface area contributed by atoms with Gasteiger partial charge in [-0.2, -0.15) is 0 Å². The van der Waals surface area contributed by atoms with E-state index in [0.29, 0.717) is 0 Å². The second-order valence-electron chi connectivity index (χ2n) is 2.22. The molecule has 0 saturated carbocycles. The van der Waals surface area contributed by atoms with Crippen molar-refractivity contribution >= 4 is 37.5 Å². The minimum absolute atomic E-state index is 1.02. The van der Waals surface area contributed by atoms with Crippen molar-refractivity contribution in [2.75, 3.05) is 0 Å². The molecule has 2 nitrogen and oxygen atoms in total. The summed E-state index contributed by atoms with van der Waals surface area (Å²) in [6.07, 6.45) is 1.59. The van der Waals surface area contributed by atoms with E-state index < -0.39 is 0 Å². The molecule has 0 aliphatic rings. The van der Waals surface area contributed by atoms with Crippen molar-refractivity contribution in [2.45, 2.75) is 6.92 Å². The Hall–Kier alpha value is -0.480. The summed E-state index contributed by atoms with van der Waals surface area (Å²) in [5, 5.41) is 0. The lowest BCUT2D eigenvalue weighted by molar-refractivity contribution is 1.16. The summed E-state index contributed by atoms with van der Waals surface area (Å²) in [6.45, 7) is 1.99. The van der Waals surface area contributed by atoms with Gasteiger partial charge in [0.1, 0.15) is 6.33 Å². The number of thiophene rings is 1. The van der Waals surface area contributed by atoms with E-state index in [1.165, 1.54) is 4.70 Å². The van der Waals surface area contributed by atoms with Gasteiger partial charge in [0.05, 0.1) is 19.7 Å². The monoisotopic (exact) mass is 228 g/mol. The highest BCUT2D eigenvalue weighted by Crippen LogP contribution is 2.29. The van der Waals surface area contributed by atoms with Gasteiger partial charge in [0.15, 0.2) is 0 Å². The lowest BCUT2D eigenvalue weighted by Crippen LogP contribution is -1.80. The van der Waals surface area contributed by atoms with E-state index in [1.807, 2.05) is 13.0 Å². The van der Waals surface area contributed by atoms with Crippen molar-refractivity contribution in [3.05, 3.63) is 21.9 Å². The molecule has 0 radical (unpaired) electrons. The van der Waals surface area contributed by atoms with Crippen LogP contribution < -0.4 is 0 Å². The summed E-state index contributed by atoms with van der Waals surface area (Å²) in [5.74, 6) is 0. The van der Waals surface area contributed by atoms with E-state index in [2.05, 4.69) is 25.9 Å². The molecule has 56 valence electrons. The van der Waals surface area contributed by atoms with E-state index in [0.717, 1.165) is 15.0 Å². The number of aromatic nitrogens is 2. The van der Waals surface area contributed by atoms with Gasteiger partial charge < -0.3 is 0 Å². The Morgan fingerprint density at radius 2 is 2.27 bits per heavy atom. The van der Waals surface area contributed by atoms with Crippen molar-refractivity contribution in [2.24, 2.45) is 0 Å². The molecule has 2 aromatic rings. The molecule has 0 spiro atoms. The second-order valence-corrected chi connectivity index (χ2v) is 4.66. The molecule has 2 rings (SSSR count). The zero-order valence-corrected chi connectivity index (χ0v) is 8.24. The van der Waals surface area contributed by atoms with Crippen LogP contribution in [0.5, 0.6) is 0 Å². The molecule has 0 saturated heterocycles. The molecular formula is C7H5BrN2S. The van der Waals surface area contributed by atoms with Crippen LogP contribution in [0, 0.1) is 6.92 Å². The fourth-order valence-electron chi connectivity index (χ4n) is 0.944. The Labute approximate surface area is 76.4 Å². The molecular weight excluding hydrogens is 224 g/mol. The Morgan fingerprint density at radius 1 is 1.45 bits per heavy atom. The number of hydrogen-bond donors (Lipinski definition) is 0. The molecule has 0 aliphatic heterocycles. The van der Waals surface area contributed by atoms with Gasteiger partial charge in [0.2, 0.25) is 0 Å². The number of hydrogen-bond acceptors (Lipinski definition) is 3.